The summed E-state index contributed by atoms with van der Waals surface area (Å²) in [5.41, 5.74) is 2.16. The van der Waals surface area contributed by atoms with Crippen molar-refractivity contribution in [2.45, 2.75) is 6.92 Å². The third kappa shape index (κ3) is 3.33. The van der Waals surface area contributed by atoms with Crippen LogP contribution in [0, 0.1) is 0 Å². The molecule has 120 valence electrons. The van der Waals surface area contributed by atoms with Gasteiger partial charge in [0.25, 0.3) is 5.91 Å². The second-order valence-electron chi connectivity index (χ2n) is 5.12. The van der Waals surface area contributed by atoms with E-state index < -0.39 is 0 Å². The number of carbonyl (C=O) groups is 2. The zero-order valence-electron chi connectivity index (χ0n) is 12.7. The van der Waals surface area contributed by atoms with Gasteiger partial charge >= 0.3 is 0 Å². The van der Waals surface area contributed by atoms with E-state index in [1.54, 1.807) is 36.4 Å². The fourth-order valence-corrected chi connectivity index (χ4v) is 2.55. The number of nitrogens with zero attached hydrogens (tertiary/aromatic N) is 2. The van der Waals surface area contributed by atoms with E-state index in [-0.39, 0.29) is 11.7 Å². The first-order valence-corrected chi connectivity index (χ1v) is 7.50. The summed E-state index contributed by atoms with van der Waals surface area (Å²) in [5.74, 6) is 0.166. The molecule has 0 aliphatic rings. The normalized spacial score (nSPS) is 10.4. The van der Waals surface area contributed by atoms with Gasteiger partial charge in [0.05, 0.1) is 5.02 Å². The van der Waals surface area contributed by atoms with Crippen LogP contribution < -0.4 is 5.32 Å². The molecule has 0 atom stereocenters. The van der Waals surface area contributed by atoms with Crippen molar-refractivity contribution in [2.75, 3.05) is 5.32 Å². The number of ketones is 1. The Morgan fingerprint density at radius 3 is 2.67 bits per heavy atom. The Balaban J connectivity index is 1.82. The number of anilines is 1. The minimum atomic E-state index is -0.289. The van der Waals surface area contributed by atoms with E-state index in [1.165, 1.54) is 13.3 Å². The highest BCUT2D eigenvalue weighted by Gasteiger charge is 2.11. The minimum absolute atomic E-state index is 0.127. The van der Waals surface area contributed by atoms with Gasteiger partial charge in [0, 0.05) is 22.4 Å². The molecule has 0 fully saturated rings. The van der Waals surface area contributed by atoms with E-state index in [0.717, 1.165) is 5.56 Å². The molecule has 2 N–H and O–H groups in total. The van der Waals surface area contributed by atoms with Crippen molar-refractivity contribution >= 4 is 29.0 Å². The maximum Gasteiger partial charge on any atom is 0.255 e. The number of halogens is 1. The molecule has 0 saturated carbocycles. The van der Waals surface area contributed by atoms with E-state index >= 15 is 0 Å². The Kier molecular flexibility index (Phi) is 4.39. The lowest BCUT2D eigenvalue weighted by Gasteiger charge is -2.08. The first kappa shape index (κ1) is 15.9. The van der Waals surface area contributed by atoms with Gasteiger partial charge in [0.15, 0.2) is 11.6 Å². The van der Waals surface area contributed by atoms with E-state index in [1.807, 2.05) is 6.07 Å². The standard InChI is InChI=1S/C17H13ClN4O2/c1-10(23)14-6-5-13(8-15(14)18)21-17(24)12-4-2-3-11(7-12)16-19-9-20-22-16/h2-9H,1H3,(H,21,24)(H,19,20,22). The van der Waals surface area contributed by atoms with Crippen LogP contribution in [0.25, 0.3) is 11.4 Å². The van der Waals surface area contributed by atoms with E-state index in [4.69, 9.17) is 11.6 Å². The Morgan fingerprint density at radius 1 is 1.17 bits per heavy atom. The van der Waals surface area contributed by atoms with Crippen LogP contribution in [-0.2, 0) is 0 Å². The fraction of sp³-hybridized carbons (Fsp3) is 0.0588. The quantitative estimate of drug-likeness (QED) is 0.710. The van der Waals surface area contributed by atoms with Crippen LogP contribution in [0.4, 0.5) is 5.69 Å². The highest BCUT2D eigenvalue weighted by Crippen LogP contribution is 2.22. The number of hydrogen-bond donors (Lipinski definition) is 2. The molecule has 1 aromatic heterocycles. The number of hydrogen-bond acceptors (Lipinski definition) is 4. The molecule has 0 spiro atoms. The predicted molar refractivity (Wildman–Crippen MR) is 91.2 cm³/mol. The summed E-state index contributed by atoms with van der Waals surface area (Å²) in [5, 5.41) is 9.60. The van der Waals surface area contributed by atoms with Crippen molar-refractivity contribution < 1.29 is 9.59 Å². The number of Topliss-reactive ketones (excluding diaryl/α,β-unsaturated/α-hetero) is 1. The summed E-state index contributed by atoms with van der Waals surface area (Å²) >= 11 is 6.06. The summed E-state index contributed by atoms with van der Waals surface area (Å²) in [6.07, 6.45) is 1.40. The third-order valence-corrected chi connectivity index (χ3v) is 3.73. The van der Waals surface area contributed by atoms with Crippen molar-refractivity contribution in [3.8, 4) is 11.4 Å². The zero-order valence-corrected chi connectivity index (χ0v) is 13.5. The second kappa shape index (κ2) is 6.64. The van der Waals surface area contributed by atoms with Gasteiger partial charge in [-0.1, -0.05) is 23.7 Å². The molecule has 7 heteroatoms. The first-order chi connectivity index (χ1) is 11.5. The SMILES string of the molecule is CC(=O)c1ccc(NC(=O)c2cccc(-c3ncn[nH]3)c2)cc1Cl. The molecule has 3 rings (SSSR count). The van der Waals surface area contributed by atoms with Gasteiger partial charge in [-0.3, -0.25) is 14.7 Å². The number of aromatic amines is 1. The van der Waals surface area contributed by atoms with E-state index in [9.17, 15) is 9.59 Å². The highest BCUT2D eigenvalue weighted by atomic mass is 35.5. The number of H-pyrrole nitrogens is 1. The molecule has 24 heavy (non-hydrogen) atoms. The van der Waals surface area contributed by atoms with Crippen molar-refractivity contribution in [2.24, 2.45) is 0 Å². The van der Waals surface area contributed by atoms with Crippen molar-refractivity contribution in [1.29, 1.82) is 0 Å². The average Bonchev–Trinajstić information content (AvgIpc) is 3.09. The number of rotatable bonds is 4. The first-order valence-electron chi connectivity index (χ1n) is 7.12. The molecular formula is C17H13ClN4O2. The van der Waals surface area contributed by atoms with Gasteiger partial charge in [-0.15, -0.1) is 0 Å². The summed E-state index contributed by atoms with van der Waals surface area (Å²) in [6.45, 7) is 1.44. The molecule has 0 radical (unpaired) electrons. The Labute approximate surface area is 142 Å². The lowest BCUT2D eigenvalue weighted by Crippen LogP contribution is -2.12. The zero-order chi connectivity index (χ0) is 17.1. The van der Waals surface area contributed by atoms with E-state index in [0.29, 0.717) is 27.7 Å². The number of carbonyl (C=O) groups excluding carboxylic acids is 2. The molecule has 0 saturated heterocycles. The molecule has 1 amide bonds. The molecule has 3 aromatic rings. The van der Waals surface area contributed by atoms with Gasteiger partial charge in [-0.05, 0) is 37.3 Å². The smallest absolute Gasteiger partial charge is 0.255 e. The summed E-state index contributed by atoms with van der Waals surface area (Å²) in [7, 11) is 0. The lowest BCUT2D eigenvalue weighted by atomic mass is 10.1. The van der Waals surface area contributed by atoms with Crippen molar-refractivity contribution in [1.82, 2.24) is 15.2 Å². The van der Waals surface area contributed by atoms with E-state index in [2.05, 4.69) is 20.5 Å². The van der Waals surface area contributed by atoms with Crippen LogP contribution in [-0.4, -0.2) is 26.9 Å². The van der Waals surface area contributed by atoms with Crippen LogP contribution in [0.15, 0.2) is 48.8 Å². The molecule has 6 nitrogen and oxygen atoms in total. The van der Waals surface area contributed by atoms with Gasteiger partial charge in [0.1, 0.15) is 6.33 Å². The third-order valence-electron chi connectivity index (χ3n) is 3.42. The molecular weight excluding hydrogens is 328 g/mol. The topological polar surface area (TPSA) is 87.7 Å². The average molecular weight is 341 g/mol. The van der Waals surface area contributed by atoms with Crippen LogP contribution >= 0.6 is 11.6 Å². The molecule has 0 aliphatic carbocycles. The summed E-state index contributed by atoms with van der Waals surface area (Å²) < 4.78 is 0. The number of benzene rings is 2. The number of aromatic nitrogens is 3. The Hall–Kier alpha value is -2.99. The minimum Gasteiger partial charge on any atom is -0.322 e. The Bertz CT molecular complexity index is 907. The fourth-order valence-electron chi connectivity index (χ4n) is 2.23. The lowest BCUT2D eigenvalue weighted by molar-refractivity contribution is 0.101. The number of amides is 1. The van der Waals surface area contributed by atoms with Gasteiger partial charge in [-0.2, -0.15) is 5.10 Å². The maximum absolute atomic E-state index is 12.4. The van der Waals surface area contributed by atoms with Crippen molar-refractivity contribution in [3.05, 3.63) is 64.9 Å². The van der Waals surface area contributed by atoms with Gasteiger partial charge in [-0.25, -0.2) is 4.98 Å². The second-order valence-corrected chi connectivity index (χ2v) is 5.53. The Morgan fingerprint density at radius 2 is 2.00 bits per heavy atom. The van der Waals surface area contributed by atoms with Crippen LogP contribution in [0.2, 0.25) is 5.02 Å². The molecule has 0 aliphatic heterocycles. The summed E-state index contributed by atoms with van der Waals surface area (Å²) in [6, 6.07) is 11.8. The molecule has 2 aromatic carbocycles. The molecule has 0 bridgehead atoms. The highest BCUT2D eigenvalue weighted by molar-refractivity contribution is 6.34. The van der Waals surface area contributed by atoms with Crippen LogP contribution in [0.1, 0.15) is 27.6 Å². The number of nitrogens with one attached hydrogen (secondary N) is 2. The van der Waals surface area contributed by atoms with Crippen LogP contribution in [0.3, 0.4) is 0 Å². The molecule has 1 heterocycles. The monoisotopic (exact) mass is 340 g/mol. The van der Waals surface area contributed by atoms with Crippen LogP contribution in [0.5, 0.6) is 0 Å². The van der Waals surface area contributed by atoms with Gasteiger partial charge < -0.3 is 5.32 Å². The maximum atomic E-state index is 12.4. The largest absolute Gasteiger partial charge is 0.322 e. The van der Waals surface area contributed by atoms with Crippen molar-refractivity contribution in [3.63, 3.8) is 0 Å². The molecule has 0 unspecified atom stereocenters. The van der Waals surface area contributed by atoms with Gasteiger partial charge in [0.2, 0.25) is 0 Å². The predicted octanol–water partition coefficient (Wildman–Crippen LogP) is 3.58. The summed E-state index contributed by atoms with van der Waals surface area (Å²) in [4.78, 5) is 27.8.